The molecule has 1 fully saturated rings. The summed E-state index contributed by atoms with van der Waals surface area (Å²) < 4.78 is 4.80. The smallest absolute Gasteiger partial charge is 0.407 e. The van der Waals surface area contributed by atoms with E-state index in [0.29, 0.717) is 45.4 Å². The zero-order chi connectivity index (χ0) is 40.1. The number of methoxy groups -OCH3 is 1. The number of alkyl carbamates (subject to hydrolysis) is 1. The van der Waals surface area contributed by atoms with Crippen LogP contribution in [0, 0.1) is 18.3 Å². The predicted molar refractivity (Wildman–Crippen MR) is 211 cm³/mol. The van der Waals surface area contributed by atoms with Crippen molar-refractivity contribution in [1.29, 1.82) is 0 Å². The van der Waals surface area contributed by atoms with Crippen LogP contribution in [0.1, 0.15) is 63.6 Å². The van der Waals surface area contributed by atoms with Crippen LogP contribution in [0.5, 0.6) is 0 Å². The molecule has 0 aliphatic carbocycles. The highest BCUT2D eigenvalue weighted by atomic mass is 16.5. The van der Waals surface area contributed by atoms with E-state index < -0.39 is 41.6 Å². The highest BCUT2D eigenvalue weighted by Crippen LogP contribution is 2.23. The van der Waals surface area contributed by atoms with Gasteiger partial charge in [0.15, 0.2) is 0 Å². The predicted octanol–water partition coefficient (Wildman–Crippen LogP) is 4.48. The minimum Gasteiger partial charge on any atom is -0.453 e. The average molecular weight is 758 g/mol. The second-order valence-corrected chi connectivity index (χ2v) is 15.5. The van der Waals surface area contributed by atoms with Gasteiger partial charge in [0.2, 0.25) is 5.91 Å². The molecule has 2 aromatic carbocycles. The number of carbonyl (C=O) groups is 4. The number of aliphatic hydroxyl groups is 1. The third-order valence-corrected chi connectivity index (χ3v) is 10.1. The molecule has 4 N–H and O–H groups in total. The number of amides is 5. The maximum atomic E-state index is 14.4. The summed E-state index contributed by atoms with van der Waals surface area (Å²) in [5.74, 6) is -1.00. The van der Waals surface area contributed by atoms with Crippen molar-refractivity contribution in [3.63, 3.8) is 0 Å². The van der Waals surface area contributed by atoms with Gasteiger partial charge in [0.25, 0.3) is 5.91 Å². The van der Waals surface area contributed by atoms with E-state index in [1.54, 1.807) is 14.8 Å². The number of aromatic nitrogens is 1. The summed E-state index contributed by atoms with van der Waals surface area (Å²) in [6.07, 6.45) is -0.386. The molecule has 1 aliphatic heterocycles. The van der Waals surface area contributed by atoms with Crippen LogP contribution in [-0.4, -0.2) is 106 Å². The number of urea groups is 1. The third-order valence-electron chi connectivity index (χ3n) is 10.1. The summed E-state index contributed by atoms with van der Waals surface area (Å²) in [6, 6.07) is 22.3. The lowest BCUT2D eigenvalue weighted by atomic mass is 9.86. The number of benzene rings is 2. The van der Waals surface area contributed by atoms with Crippen LogP contribution in [0.4, 0.5) is 9.59 Å². The summed E-state index contributed by atoms with van der Waals surface area (Å²) >= 11 is 0. The van der Waals surface area contributed by atoms with Crippen molar-refractivity contribution in [3.05, 3.63) is 101 Å². The number of hydrazine groups is 1. The zero-order valence-electron chi connectivity index (χ0n) is 33.3. The Bertz CT molecular complexity index is 1700. The first-order chi connectivity index (χ1) is 26.2. The van der Waals surface area contributed by atoms with Gasteiger partial charge in [-0.25, -0.2) is 14.6 Å². The minimum atomic E-state index is -1.15. The summed E-state index contributed by atoms with van der Waals surface area (Å²) in [5, 5.41) is 19.4. The lowest BCUT2D eigenvalue weighted by Gasteiger charge is -2.36. The zero-order valence-corrected chi connectivity index (χ0v) is 33.3. The van der Waals surface area contributed by atoms with E-state index in [2.05, 4.69) is 21.0 Å². The molecule has 0 unspecified atom stereocenters. The van der Waals surface area contributed by atoms with E-state index in [1.807, 2.05) is 120 Å². The van der Waals surface area contributed by atoms with Crippen molar-refractivity contribution in [3.8, 4) is 0 Å². The van der Waals surface area contributed by atoms with Gasteiger partial charge >= 0.3 is 12.1 Å². The molecule has 55 heavy (non-hydrogen) atoms. The molecule has 1 aliphatic rings. The van der Waals surface area contributed by atoms with Gasteiger partial charge in [0.1, 0.15) is 12.1 Å². The van der Waals surface area contributed by atoms with Crippen molar-refractivity contribution in [2.45, 2.75) is 91.6 Å². The Balaban J connectivity index is 1.58. The lowest BCUT2D eigenvalue weighted by molar-refractivity contribution is -0.132. The number of rotatable bonds is 18. The molecule has 1 saturated heterocycles. The summed E-state index contributed by atoms with van der Waals surface area (Å²) in [5.41, 5.74) is 5.85. The van der Waals surface area contributed by atoms with Crippen molar-refractivity contribution >= 4 is 23.9 Å². The summed E-state index contributed by atoms with van der Waals surface area (Å²) in [4.78, 5) is 62.2. The Kier molecular flexibility index (Phi) is 15.6. The van der Waals surface area contributed by atoms with E-state index in [4.69, 9.17) is 4.74 Å². The van der Waals surface area contributed by atoms with Crippen LogP contribution in [-0.2, 0) is 33.7 Å². The molecular weight excluding hydrogens is 699 g/mol. The third kappa shape index (κ3) is 12.5. The Morgan fingerprint density at radius 2 is 1.58 bits per heavy atom. The SMILES string of the molecule is CC[C@H](C)[C@@H](C(=O)N[C@@H](Cc1ccccc1)[C@@H](O)CN(CCc1ccccc1)NC(=O)[C@@H](NC(=O)OC)C(C)(C)C)N1CCN(Cc2cccc(C)n2)C1=O. The molecule has 3 aromatic rings. The van der Waals surface area contributed by atoms with Crippen LogP contribution in [0.25, 0.3) is 0 Å². The monoisotopic (exact) mass is 757 g/mol. The average Bonchev–Trinajstić information content (AvgIpc) is 3.50. The van der Waals surface area contributed by atoms with Crippen LogP contribution in [0.3, 0.4) is 0 Å². The fraction of sp³-hybridized carbons (Fsp3) is 0.500. The van der Waals surface area contributed by atoms with E-state index in [9.17, 15) is 24.3 Å². The van der Waals surface area contributed by atoms with Crippen molar-refractivity contribution in [2.75, 3.05) is 33.3 Å². The highest BCUT2D eigenvalue weighted by molar-refractivity contribution is 5.88. The standard InChI is InChI=1S/C42H59N7O6/c1-8-29(2)36(49-25-24-47(41(49)54)27-33-21-15-16-30(3)43-33)38(51)44-34(26-32-19-13-10-14-20-32)35(50)28-48(23-22-31-17-11-9-12-18-31)46-39(52)37(42(4,5)6)45-40(53)55-7/h9-21,29,34-37,50H,8,22-28H2,1-7H3,(H,44,51)(H,45,53)(H,46,52)/t29-,34-,35-,36-,37+/m0/s1. The van der Waals surface area contributed by atoms with Gasteiger partial charge in [-0.05, 0) is 54.4 Å². The number of ether oxygens (including phenoxy) is 1. The second-order valence-electron chi connectivity index (χ2n) is 15.5. The van der Waals surface area contributed by atoms with Gasteiger partial charge in [-0.15, -0.1) is 0 Å². The number of carbonyl (C=O) groups excluding carboxylic acids is 4. The maximum absolute atomic E-state index is 14.4. The largest absolute Gasteiger partial charge is 0.453 e. The molecule has 13 nitrogen and oxygen atoms in total. The molecule has 1 aromatic heterocycles. The summed E-state index contributed by atoms with van der Waals surface area (Å²) in [7, 11) is 1.24. The Morgan fingerprint density at radius 1 is 0.927 bits per heavy atom. The van der Waals surface area contributed by atoms with E-state index >= 15 is 0 Å². The van der Waals surface area contributed by atoms with Gasteiger partial charge in [-0.1, -0.05) is 108 Å². The van der Waals surface area contributed by atoms with Crippen LogP contribution in [0.15, 0.2) is 78.9 Å². The van der Waals surface area contributed by atoms with Crippen LogP contribution >= 0.6 is 0 Å². The molecule has 0 saturated carbocycles. The summed E-state index contributed by atoms with van der Waals surface area (Å²) in [6.45, 7) is 12.8. The fourth-order valence-electron chi connectivity index (χ4n) is 6.77. The van der Waals surface area contributed by atoms with E-state index in [1.165, 1.54) is 7.11 Å². The van der Waals surface area contributed by atoms with Gasteiger partial charge in [0.05, 0.1) is 31.5 Å². The molecule has 0 bridgehead atoms. The van der Waals surface area contributed by atoms with Gasteiger partial charge in [-0.3, -0.25) is 20.0 Å². The number of hydrogen-bond acceptors (Lipinski definition) is 8. The van der Waals surface area contributed by atoms with Crippen molar-refractivity contribution in [2.24, 2.45) is 11.3 Å². The number of nitrogens with zero attached hydrogens (tertiary/aromatic N) is 4. The first-order valence-electron chi connectivity index (χ1n) is 19.1. The first-order valence-corrected chi connectivity index (χ1v) is 19.1. The van der Waals surface area contributed by atoms with Gasteiger partial charge < -0.3 is 30.3 Å². The molecule has 0 spiro atoms. The Labute approximate surface area is 325 Å². The van der Waals surface area contributed by atoms with E-state index in [-0.39, 0.29) is 24.4 Å². The van der Waals surface area contributed by atoms with E-state index in [0.717, 1.165) is 22.5 Å². The molecule has 13 heteroatoms. The Morgan fingerprint density at radius 3 is 2.18 bits per heavy atom. The first kappa shape index (κ1) is 42.7. The molecule has 5 amide bonds. The quantitative estimate of drug-likeness (QED) is 0.139. The molecular formula is C42H59N7O6. The normalized spacial score (nSPS) is 15.9. The number of hydrogen-bond donors (Lipinski definition) is 4. The highest BCUT2D eigenvalue weighted by Gasteiger charge is 2.41. The number of aryl methyl sites for hydroxylation is 1. The maximum Gasteiger partial charge on any atom is 0.407 e. The van der Waals surface area contributed by atoms with Gasteiger partial charge in [-0.2, -0.15) is 0 Å². The molecule has 4 rings (SSSR count). The lowest BCUT2D eigenvalue weighted by Crippen LogP contribution is -2.60. The molecule has 0 radical (unpaired) electrons. The fourth-order valence-corrected chi connectivity index (χ4v) is 6.77. The number of aliphatic hydroxyl groups excluding tert-OH is 1. The number of nitrogens with one attached hydrogen (secondary N) is 3. The van der Waals surface area contributed by atoms with Gasteiger partial charge in [0, 0.05) is 31.9 Å². The minimum absolute atomic E-state index is 0.0423. The topological polar surface area (TPSA) is 156 Å². The molecule has 5 atom stereocenters. The van der Waals surface area contributed by atoms with Crippen molar-refractivity contribution < 1.29 is 29.0 Å². The second kappa shape index (κ2) is 20.1. The number of pyridine rings is 1. The molecule has 2 heterocycles. The van der Waals surface area contributed by atoms with Crippen molar-refractivity contribution in [1.82, 2.24) is 35.9 Å². The molecule has 298 valence electrons. The van der Waals surface area contributed by atoms with Crippen LogP contribution < -0.4 is 16.1 Å². The Hall–Kier alpha value is -5.01. The van der Waals surface area contributed by atoms with Crippen LogP contribution in [0.2, 0.25) is 0 Å².